The molecule has 4 rings (SSSR count). The number of likely N-dealkylation sites (tertiary alicyclic amines) is 2. The maximum Gasteiger partial charge on any atom is 0.387 e. The lowest BCUT2D eigenvalue weighted by Crippen LogP contribution is -2.43. The normalized spacial score (nSPS) is 18.1. The van der Waals surface area contributed by atoms with Crippen LogP contribution in [0.2, 0.25) is 0 Å². The van der Waals surface area contributed by atoms with E-state index < -0.39 is 18.4 Å². The number of hydrogen-bond donors (Lipinski definition) is 1. The second kappa shape index (κ2) is 10.6. The molecule has 1 N–H and O–H groups in total. The molecule has 180 valence electrons. The van der Waals surface area contributed by atoms with Gasteiger partial charge < -0.3 is 19.9 Å². The van der Waals surface area contributed by atoms with Gasteiger partial charge in [0.15, 0.2) is 0 Å². The van der Waals surface area contributed by atoms with Crippen molar-refractivity contribution in [3.63, 3.8) is 0 Å². The van der Waals surface area contributed by atoms with Gasteiger partial charge in [-0.2, -0.15) is 8.78 Å². The first-order valence-corrected chi connectivity index (χ1v) is 11.5. The Labute approximate surface area is 196 Å². The number of ether oxygens (including phenoxy) is 1. The van der Waals surface area contributed by atoms with Crippen molar-refractivity contribution in [1.82, 2.24) is 9.80 Å². The summed E-state index contributed by atoms with van der Waals surface area (Å²) in [5.41, 5.74) is 1.20. The molecular weight excluding hydrogens is 444 g/mol. The highest BCUT2D eigenvalue weighted by Gasteiger charge is 2.30. The summed E-state index contributed by atoms with van der Waals surface area (Å²) in [7, 11) is 0. The van der Waals surface area contributed by atoms with Gasteiger partial charge in [0.1, 0.15) is 5.75 Å². The fourth-order valence-electron chi connectivity index (χ4n) is 4.43. The molecule has 2 aromatic rings. The maximum atomic E-state index is 13.0. The summed E-state index contributed by atoms with van der Waals surface area (Å²) in [4.78, 5) is 41.6. The van der Waals surface area contributed by atoms with E-state index in [4.69, 9.17) is 0 Å². The lowest BCUT2D eigenvalue weighted by atomic mass is 9.96. The van der Waals surface area contributed by atoms with Gasteiger partial charge in [0.05, 0.1) is 11.5 Å². The first kappa shape index (κ1) is 23.7. The molecule has 1 atom stereocenters. The van der Waals surface area contributed by atoms with E-state index in [0.717, 1.165) is 25.9 Å². The number of nitrogens with zero attached hydrogens (tertiary/aromatic N) is 2. The standard InChI is InChI=1S/C25H27F2N3O4/c26-25(27)34-21-8-2-1-7-20(21)24(33)30-15-5-6-18(16-30)22(31)28-19-11-9-17(10-12-19)23(32)29-13-3-4-14-29/h1-2,7-12,18,25H,3-6,13-16H2,(H,28,31). The average molecular weight is 472 g/mol. The van der Waals surface area contributed by atoms with Gasteiger partial charge in [-0.25, -0.2) is 0 Å². The third-order valence-electron chi connectivity index (χ3n) is 6.21. The lowest BCUT2D eigenvalue weighted by Gasteiger charge is -2.32. The number of benzene rings is 2. The minimum atomic E-state index is -3.04. The minimum absolute atomic E-state index is 0.00656. The quantitative estimate of drug-likeness (QED) is 0.691. The van der Waals surface area contributed by atoms with E-state index in [9.17, 15) is 23.2 Å². The van der Waals surface area contributed by atoms with Crippen LogP contribution in [0.25, 0.3) is 0 Å². The van der Waals surface area contributed by atoms with Gasteiger partial charge in [0, 0.05) is 37.4 Å². The van der Waals surface area contributed by atoms with Crippen molar-refractivity contribution in [2.75, 3.05) is 31.5 Å². The Kier molecular flexibility index (Phi) is 7.40. The van der Waals surface area contributed by atoms with Crippen LogP contribution in [0, 0.1) is 5.92 Å². The molecule has 0 spiro atoms. The number of carbonyl (C=O) groups is 3. The third kappa shape index (κ3) is 5.52. The van der Waals surface area contributed by atoms with Gasteiger partial charge in [0.2, 0.25) is 5.91 Å². The molecule has 2 heterocycles. The molecule has 34 heavy (non-hydrogen) atoms. The molecule has 7 nitrogen and oxygen atoms in total. The summed E-state index contributed by atoms with van der Waals surface area (Å²) in [5, 5.41) is 2.86. The summed E-state index contributed by atoms with van der Waals surface area (Å²) in [5.74, 6) is -1.30. The van der Waals surface area contributed by atoms with Crippen molar-refractivity contribution >= 4 is 23.4 Å². The van der Waals surface area contributed by atoms with E-state index in [1.165, 1.54) is 23.1 Å². The Morgan fingerprint density at radius 3 is 2.26 bits per heavy atom. The highest BCUT2D eigenvalue weighted by atomic mass is 19.3. The van der Waals surface area contributed by atoms with Gasteiger partial charge in [-0.3, -0.25) is 14.4 Å². The second-order valence-corrected chi connectivity index (χ2v) is 8.53. The molecule has 0 bridgehead atoms. The van der Waals surface area contributed by atoms with Crippen molar-refractivity contribution in [3.05, 3.63) is 59.7 Å². The van der Waals surface area contributed by atoms with Gasteiger partial charge in [0.25, 0.3) is 11.8 Å². The Hall–Kier alpha value is -3.49. The van der Waals surface area contributed by atoms with Crippen LogP contribution < -0.4 is 10.1 Å². The molecule has 2 aromatic carbocycles. The van der Waals surface area contributed by atoms with Crippen LogP contribution in [0.3, 0.4) is 0 Å². The van der Waals surface area contributed by atoms with Crippen LogP contribution >= 0.6 is 0 Å². The number of carbonyl (C=O) groups excluding carboxylic acids is 3. The Bertz CT molecular complexity index is 1040. The summed E-state index contributed by atoms with van der Waals surface area (Å²) in [6.45, 7) is -0.885. The van der Waals surface area contributed by atoms with Crippen LogP contribution in [-0.4, -0.2) is 60.3 Å². The van der Waals surface area contributed by atoms with Gasteiger partial charge in [-0.1, -0.05) is 12.1 Å². The first-order chi connectivity index (χ1) is 16.4. The number of piperidine rings is 1. The van der Waals surface area contributed by atoms with E-state index >= 15 is 0 Å². The van der Waals surface area contributed by atoms with Crippen LogP contribution in [0.15, 0.2) is 48.5 Å². The summed E-state index contributed by atoms with van der Waals surface area (Å²) in [6, 6.07) is 12.7. The number of amides is 3. The van der Waals surface area contributed by atoms with Crippen LogP contribution in [0.4, 0.5) is 14.5 Å². The molecule has 1 unspecified atom stereocenters. The number of hydrogen-bond acceptors (Lipinski definition) is 4. The second-order valence-electron chi connectivity index (χ2n) is 8.53. The van der Waals surface area contributed by atoms with Crippen LogP contribution in [-0.2, 0) is 4.79 Å². The van der Waals surface area contributed by atoms with Gasteiger partial charge >= 0.3 is 6.61 Å². The minimum Gasteiger partial charge on any atom is -0.434 e. The number of halogens is 2. The SMILES string of the molecule is O=C(Nc1ccc(C(=O)N2CCCC2)cc1)C1CCCN(C(=O)c2ccccc2OC(F)F)C1. The van der Waals surface area contributed by atoms with E-state index in [0.29, 0.717) is 30.6 Å². The van der Waals surface area contributed by atoms with Gasteiger partial charge in [-0.05, 0) is 62.1 Å². The zero-order valence-corrected chi connectivity index (χ0v) is 18.7. The lowest BCUT2D eigenvalue weighted by molar-refractivity contribution is -0.121. The zero-order valence-electron chi connectivity index (χ0n) is 18.7. The molecular formula is C25H27F2N3O4. The zero-order chi connectivity index (χ0) is 24.1. The monoisotopic (exact) mass is 471 g/mol. The molecule has 2 aliphatic rings. The highest BCUT2D eigenvalue weighted by Crippen LogP contribution is 2.26. The molecule has 2 aliphatic heterocycles. The van der Waals surface area contributed by atoms with Crippen molar-refractivity contribution in [1.29, 1.82) is 0 Å². The van der Waals surface area contributed by atoms with E-state index in [1.54, 1.807) is 30.3 Å². The summed E-state index contributed by atoms with van der Waals surface area (Å²) >= 11 is 0. The molecule has 3 amide bonds. The van der Waals surface area contributed by atoms with Crippen molar-refractivity contribution in [3.8, 4) is 5.75 Å². The fourth-order valence-corrected chi connectivity index (χ4v) is 4.43. The Balaban J connectivity index is 1.37. The molecule has 9 heteroatoms. The Morgan fingerprint density at radius 1 is 0.882 bits per heavy atom. The molecule has 0 aromatic heterocycles. The Morgan fingerprint density at radius 2 is 1.56 bits per heavy atom. The van der Waals surface area contributed by atoms with E-state index in [2.05, 4.69) is 10.1 Å². The largest absolute Gasteiger partial charge is 0.434 e. The molecule has 0 saturated carbocycles. The average Bonchev–Trinajstić information content (AvgIpc) is 3.39. The fraction of sp³-hybridized carbons (Fsp3) is 0.400. The van der Waals surface area contributed by atoms with E-state index in [-0.39, 0.29) is 29.7 Å². The molecule has 2 fully saturated rings. The van der Waals surface area contributed by atoms with Crippen molar-refractivity contribution < 1.29 is 27.9 Å². The maximum absolute atomic E-state index is 13.0. The number of para-hydroxylation sites is 1. The third-order valence-corrected chi connectivity index (χ3v) is 6.21. The first-order valence-electron chi connectivity index (χ1n) is 11.5. The topological polar surface area (TPSA) is 79.0 Å². The molecule has 2 saturated heterocycles. The van der Waals surface area contributed by atoms with Crippen LogP contribution in [0.1, 0.15) is 46.4 Å². The number of alkyl halides is 2. The van der Waals surface area contributed by atoms with E-state index in [1.807, 2.05) is 4.90 Å². The molecule has 0 radical (unpaired) electrons. The predicted octanol–water partition coefficient (Wildman–Crippen LogP) is 4.01. The van der Waals surface area contributed by atoms with Crippen molar-refractivity contribution in [2.24, 2.45) is 5.92 Å². The summed E-state index contributed by atoms with van der Waals surface area (Å²) in [6.07, 6.45) is 3.26. The van der Waals surface area contributed by atoms with Crippen LogP contribution in [0.5, 0.6) is 5.75 Å². The number of nitrogens with one attached hydrogen (secondary N) is 1. The number of anilines is 1. The van der Waals surface area contributed by atoms with Crippen molar-refractivity contribution in [2.45, 2.75) is 32.3 Å². The van der Waals surface area contributed by atoms with Gasteiger partial charge in [-0.15, -0.1) is 0 Å². The summed E-state index contributed by atoms with van der Waals surface area (Å²) < 4.78 is 29.9. The smallest absolute Gasteiger partial charge is 0.387 e. The predicted molar refractivity (Wildman–Crippen MR) is 122 cm³/mol. The highest BCUT2D eigenvalue weighted by molar-refractivity contribution is 5.99. The molecule has 0 aliphatic carbocycles. The number of rotatable bonds is 6.